The minimum absolute atomic E-state index is 0.161. The maximum Gasteiger partial charge on any atom is 0.328 e. The summed E-state index contributed by atoms with van der Waals surface area (Å²) in [6, 6.07) is 13.9. The molecule has 0 aliphatic rings. The normalized spacial score (nSPS) is 11.9. The number of fused-ring (bicyclic) bond motifs is 1. The molecule has 0 bridgehead atoms. The minimum Gasteiger partial charge on any atom is -0.508 e. The molecule has 2 aromatic carbocycles. The van der Waals surface area contributed by atoms with Crippen molar-refractivity contribution in [2.24, 2.45) is 0 Å². The molecular weight excluding hydrogens is 344 g/mol. The Labute approximate surface area is 157 Å². The predicted octanol–water partition coefficient (Wildman–Crippen LogP) is 2.71. The predicted molar refractivity (Wildman–Crippen MR) is 102 cm³/mol. The van der Waals surface area contributed by atoms with Gasteiger partial charge in [0.25, 0.3) is 0 Å². The number of ether oxygens (including phenoxy) is 1. The van der Waals surface area contributed by atoms with Crippen molar-refractivity contribution in [3.05, 3.63) is 65.9 Å². The van der Waals surface area contributed by atoms with Gasteiger partial charge in [-0.1, -0.05) is 36.4 Å². The molecule has 0 radical (unpaired) electrons. The number of para-hydroxylation sites is 2. The molecular formula is C21H22N2O4. The van der Waals surface area contributed by atoms with E-state index >= 15 is 0 Å². The first kappa shape index (κ1) is 18.5. The summed E-state index contributed by atoms with van der Waals surface area (Å²) in [5, 5.41) is 13.6. The molecule has 140 valence electrons. The number of methoxy groups -OCH3 is 1. The highest BCUT2D eigenvalue weighted by atomic mass is 16.5. The van der Waals surface area contributed by atoms with Gasteiger partial charge in [-0.2, -0.15) is 0 Å². The topological polar surface area (TPSA) is 91.4 Å². The number of hydrogen-bond donors (Lipinski definition) is 3. The number of carbonyl (C=O) groups is 2. The van der Waals surface area contributed by atoms with E-state index in [-0.39, 0.29) is 18.1 Å². The Hall–Kier alpha value is -3.28. The number of aromatic nitrogens is 1. The second-order valence-electron chi connectivity index (χ2n) is 6.34. The third-order valence-electron chi connectivity index (χ3n) is 4.53. The lowest BCUT2D eigenvalue weighted by atomic mass is 10.0. The van der Waals surface area contributed by atoms with Crippen molar-refractivity contribution in [2.45, 2.75) is 25.3 Å². The lowest BCUT2D eigenvalue weighted by Crippen LogP contribution is -2.43. The fourth-order valence-electron chi connectivity index (χ4n) is 3.09. The van der Waals surface area contributed by atoms with Gasteiger partial charge < -0.3 is 20.1 Å². The zero-order valence-electron chi connectivity index (χ0n) is 15.1. The van der Waals surface area contributed by atoms with E-state index in [2.05, 4.69) is 10.3 Å². The van der Waals surface area contributed by atoms with Crippen LogP contribution < -0.4 is 5.32 Å². The summed E-state index contributed by atoms with van der Waals surface area (Å²) in [7, 11) is 1.30. The van der Waals surface area contributed by atoms with Crippen molar-refractivity contribution >= 4 is 22.8 Å². The van der Waals surface area contributed by atoms with E-state index in [0.29, 0.717) is 18.4 Å². The molecule has 1 heterocycles. The number of amides is 1. The smallest absolute Gasteiger partial charge is 0.328 e. The molecule has 0 aliphatic carbocycles. The molecule has 3 rings (SSSR count). The van der Waals surface area contributed by atoms with Crippen LogP contribution in [0, 0.1) is 0 Å². The van der Waals surface area contributed by atoms with E-state index < -0.39 is 12.0 Å². The first-order valence-corrected chi connectivity index (χ1v) is 8.77. The molecule has 0 saturated carbocycles. The average Bonchev–Trinajstić information content (AvgIpc) is 3.09. The number of nitrogens with one attached hydrogen (secondary N) is 2. The molecule has 1 atom stereocenters. The highest BCUT2D eigenvalue weighted by molar-refractivity contribution is 5.87. The molecule has 0 spiro atoms. The van der Waals surface area contributed by atoms with Gasteiger partial charge in [-0.25, -0.2) is 4.79 Å². The number of esters is 1. The lowest BCUT2D eigenvalue weighted by Gasteiger charge is -2.16. The zero-order valence-corrected chi connectivity index (χ0v) is 15.1. The van der Waals surface area contributed by atoms with Crippen LogP contribution in [0.5, 0.6) is 5.75 Å². The number of hydrogen-bond acceptors (Lipinski definition) is 4. The highest BCUT2D eigenvalue weighted by Crippen LogP contribution is 2.20. The number of phenolic OH excluding ortho intramolecular Hbond substituents is 1. The van der Waals surface area contributed by atoms with Crippen LogP contribution in [-0.4, -0.2) is 35.1 Å². The van der Waals surface area contributed by atoms with Crippen LogP contribution in [0.15, 0.2) is 54.7 Å². The Morgan fingerprint density at radius 2 is 1.85 bits per heavy atom. The van der Waals surface area contributed by atoms with Crippen LogP contribution in [0.3, 0.4) is 0 Å². The van der Waals surface area contributed by atoms with Crippen LogP contribution in [0.25, 0.3) is 10.9 Å². The van der Waals surface area contributed by atoms with Gasteiger partial charge >= 0.3 is 5.97 Å². The van der Waals surface area contributed by atoms with Gasteiger partial charge in [-0.3, -0.25) is 4.79 Å². The number of aromatic amines is 1. The zero-order chi connectivity index (χ0) is 19.2. The molecule has 6 heteroatoms. The van der Waals surface area contributed by atoms with Crippen molar-refractivity contribution in [3.8, 4) is 5.75 Å². The van der Waals surface area contributed by atoms with Gasteiger partial charge in [0.2, 0.25) is 5.91 Å². The molecule has 0 fully saturated rings. The number of carbonyl (C=O) groups excluding carboxylic acids is 2. The third-order valence-corrected chi connectivity index (χ3v) is 4.53. The summed E-state index contributed by atoms with van der Waals surface area (Å²) >= 11 is 0. The van der Waals surface area contributed by atoms with E-state index in [9.17, 15) is 14.7 Å². The molecule has 27 heavy (non-hydrogen) atoms. The summed E-state index contributed by atoms with van der Waals surface area (Å²) in [5.41, 5.74) is 2.60. The van der Waals surface area contributed by atoms with Crippen LogP contribution in [0.1, 0.15) is 17.5 Å². The molecule has 6 nitrogen and oxygen atoms in total. The number of benzene rings is 2. The Morgan fingerprint density at radius 3 is 2.63 bits per heavy atom. The number of H-pyrrole nitrogens is 1. The van der Waals surface area contributed by atoms with Gasteiger partial charge in [0.1, 0.15) is 11.8 Å². The van der Waals surface area contributed by atoms with E-state index in [1.54, 1.807) is 24.3 Å². The van der Waals surface area contributed by atoms with Gasteiger partial charge in [-0.05, 0) is 29.7 Å². The maximum absolute atomic E-state index is 12.3. The highest BCUT2D eigenvalue weighted by Gasteiger charge is 2.23. The average molecular weight is 366 g/mol. The van der Waals surface area contributed by atoms with Gasteiger partial charge in [0.05, 0.1) is 7.11 Å². The van der Waals surface area contributed by atoms with E-state index in [4.69, 9.17) is 4.74 Å². The molecule has 3 aromatic rings. The number of aromatic hydroxyl groups is 1. The summed E-state index contributed by atoms with van der Waals surface area (Å²) in [4.78, 5) is 27.7. The first-order chi connectivity index (χ1) is 13.1. The number of phenols is 1. The van der Waals surface area contributed by atoms with Crippen molar-refractivity contribution < 1.29 is 19.4 Å². The van der Waals surface area contributed by atoms with Crippen molar-refractivity contribution in [2.75, 3.05) is 7.11 Å². The van der Waals surface area contributed by atoms with Crippen LogP contribution in [-0.2, 0) is 27.2 Å². The van der Waals surface area contributed by atoms with Crippen LogP contribution in [0.2, 0.25) is 0 Å². The van der Waals surface area contributed by atoms with Gasteiger partial charge in [0, 0.05) is 29.9 Å². The standard InChI is InChI=1S/C21H22N2O4/c1-27-21(26)18(12-15-13-22-17-8-4-3-7-16(15)17)23-20(25)11-10-14-6-2-5-9-19(14)24/h2-9,13,18,22,24H,10-12H2,1H3,(H,23,25)/t18-/m1/s1. The summed E-state index contributed by atoms with van der Waals surface area (Å²) < 4.78 is 4.85. The first-order valence-electron chi connectivity index (χ1n) is 8.77. The summed E-state index contributed by atoms with van der Waals surface area (Å²) in [6.07, 6.45) is 2.73. The molecule has 0 saturated heterocycles. The largest absolute Gasteiger partial charge is 0.508 e. The minimum atomic E-state index is -0.772. The summed E-state index contributed by atoms with van der Waals surface area (Å²) in [5.74, 6) is -0.599. The SMILES string of the molecule is COC(=O)[C@@H](Cc1c[nH]c2ccccc12)NC(=O)CCc1ccccc1O. The van der Waals surface area contributed by atoms with E-state index in [0.717, 1.165) is 16.5 Å². The third kappa shape index (κ3) is 4.47. The molecule has 1 aromatic heterocycles. The quantitative estimate of drug-likeness (QED) is 0.561. The Balaban J connectivity index is 1.67. The monoisotopic (exact) mass is 366 g/mol. The number of aryl methyl sites for hydroxylation is 1. The van der Waals surface area contributed by atoms with Gasteiger partial charge in [0.15, 0.2) is 0 Å². The fraction of sp³-hybridized carbons (Fsp3) is 0.238. The second-order valence-corrected chi connectivity index (χ2v) is 6.34. The number of rotatable bonds is 7. The summed E-state index contributed by atoms with van der Waals surface area (Å²) in [6.45, 7) is 0. The maximum atomic E-state index is 12.3. The van der Waals surface area contributed by atoms with Crippen LogP contribution in [0.4, 0.5) is 0 Å². The van der Waals surface area contributed by atoms with E-state index in [1.807, 2.05) is 30.5 Å². The molecule has 1 amide bonds. The van der Waals surface area contributed by atoms with Crippen molar-refractivity contribution in [3.63, 3.8) is 0 Å². The second kappa shape index (κ2) is 8.40. The molecule has 3 N–H and O–H groups in total. The van der Waals surface area contributed by atoms with Crippen LogP contribution >= 0.6 is 0 Å². The molecule has 0 aliphatic heterocycles. The Kier molecular flexibility index (Phi) is 5.76. The molecule has 0 unspecified atom stereocenters. The Bertz CT molecular complexity index is 948. The Morgan fingerprint density at radius 1 is 1.11 bits per heavy atom. The van der Waals surface area contributed by atoms with Crippen molar-refractivity contribution in [1.82, 2.24) is 10.3 Å². The van der Waals surface area contributed by atoms with Crippen molar-refractivity contribution in [1.29, 1.82) is 0 Å². The van der Waals surface area contributed by atoms with E-state index in [1.165, 1.54) is 7.11 Å². The lowest BCUT2D eigenvalue weighted by molar-refractivity contribution is -0.145. The fourth-order valence-corrected chi connectivity index (χ4v) is 3.09. The van der Waals surface area contributed by atoms with Gasteiger partial charge in [-0.15, -0.1) is 0 Å².